The molecule has 0 aliphatic rings. The van der Waals surface area contributed by atoms with Crippen molar-refractivity contribution in [1.29, 1.82) is 0 Å². The first-order chi connectivity index (χ1) is 10.1. The lowest BCUT2D eigenvalue weighted by molar-refractivity contribution is -0.116. The molecular weight excluding hydrogens is 351 g/mol. The SMILES string of the molecule is O=C(CCCCl)Nc1ncc(Cc2cc(Cl)ccc2Cl)s1. The number of carbonyl (C=O) groups excluding carboxylic acids is 1. The van der Waals surface area contributed by atoms with Crippen LogP contribution in [0.25, 0.3) is 0 Å². The van der Waals surface area contributed by atoms with Gasteiger partial charge in [0.15, 0.2) is 5.13 Å². The van der Waals surface area contributed by atoms with Crippen LogP contribution in [-0.4, -0.2) is 16.8 Å². The lowest BCUT2D eigenvalue weighted by Gasteiger charge is -2.02. The van der Waals surface area contributed by atoms with E-state index in [-0.39, 0.29) is 5.91 Å². The maximum atomic E-state index is 11.6. The number of hydrogen-bond donors (Lipinski definition) is 1. The van der Waals surface area contributed by atoms with E-state index in [9.17, 15) is 4.79 Å². The van der Waals surface area contributed by atoms with Crippen LogP contribution in [-0.2, 0) is 11.2 Å². The Morgan fingerprint density at radius 3 is 2.90 bits per heavy atom. The van der Waals surface area contributed by atoms with Crippen LogP contribution in [0.1, 0.15) is 23.3 Å². The molecular formula is C14H13Cl3N2OS. The number of nitrogens with one attached hydrogen (secondary N) is 1. The second-order valence-electron chi connectivity index (χ2n) is 4.38. The zero-order valence-electron chi connectivity index (χ0n) is 11.0. The molecule has 0 bridgehead atoms. The molecule has 21 heavy (non-hydrogen) atoms. The van der Waals surface area contributed by atoms with Crippen molar-refractivity contribution in [2.75, 3.05) is 11.2 Å². The van der Waals surface area contributed by atoms with Crippen LogP contribution in [0.5, 0.6) is 0 Å². The molecule has 1 aromatic carbocycles. The molecule has 0 aliphatic heterocycles. The van der Waals surface area contributed by atoms with Gasteiger partial charge in [0.05, 0.1) is 0 Å². The van der Waals surface area contributed by atoms with Crippen LogP contribution in [0, 0.1) is 0 Å². The van der Waals surface area contributed by atoms with Gasteiger partial charge in [-0.15, -0.1) is 22.9 Å². The fourth-order valence-electron chi connectivity index (χ4n) is 1.72. The van der Waals surface area contributed by atoms with E-state index in [4.69, 9.17) is 34.8 Å². The number of thiazole rings is 1. The summed E-state index contributed by atoms with van der Waals surface area (Å²) in [5, 5.41) is 4.66. The zero-order valence-corrected chi connectivity index (χ0v) is 14.1. The second kappa shape index (κ2) is 7.99. The smallest absolute Gasteiger partial charge is 0.226 e. The number of amides is 1. The summed E-state index contributed by atoms with van der Waals surface area (Å²) in [5.74, 6) is 0.404. The summed E-state index contributed by atoms with van der Waals surface area (Å²) in [6.07, 6.45) is 3.43. The highest BCUT2D eigenvalue weighted by atomic mass is 35.5. The molecule has 0 aliphatic carbocycles. The molecule has 0 fully saturated rings. The van der Waals surface area contributed by atoms with E-state index in [1.54, 1.807) is 18.3 Å². The van der Waals surface area contributed by atoms with Crippen molar-refractivity contribution in [2.45, 2.75) is 19.3 Å². The number of carbonyl (C=O) groups is 1. The maximum absolute atomic E-state index is 11.6. The fraction of sp³-hybridized carbons (Fsp3) is 0.286. The van der Waals surface area contributed by atoms with Gasteiger partial charge in [-0.2, -0.15) is 0 Å². The molecule has 0 saturated carbocycles. The number of rotatable bonds is 6. The Bertz CT molecular complexity index is 630. The Hall–Kier alpha value is -0.810. The van der Waals surface area contributed by atoms with Crippen molar-refractivity contribution in [2.24, 2.45) is 0 Å². The van der Waals surface area contributed by atoms with Crippen molar-refractivity contribution in [1.82, 2.24) is 4.98 Å². The van der Waals surface area contributed by atoms with Gasteiger partial charge in [0.1, 0.15) is 0 Å². The summed E-state index contributed by atoms with van der Waals surface area (Å²) < 4.78 is 0. The summed E-state index contributed by atoms with van der Waals surface area (Å²) in [7, 11) is 0. The minimum absolute atomic E-state index is 0.0719. The van der Waals surface area contributed by atoms with Gasteiger partial charge >= 0.3 is 0 Å². The number of aromatic nitrogens is 1. The average molecular weight is 364 g/mol. The molecule has 1 heterocycles. The van der Waals surface area contributed by atoms with Crippen molar-refractivity contribution in [3.05, 3.63) is 44.9 Å². The molecule has 2 aromatic rings. The Kier molecular flexibility index (Phi) is 6.30. The molecule has 0 unspecified atom stereocenters. The predicted molar refractivity (Wildman–Crippen MR) is 90.0 cm³/mol. The summed E-state index contributed by atoms with van der Waals surface area (Å²) in [4.78, 5) is 16.8. The normalized spacial score (nSPS) is 10.6. The number of nitrogens with zero attached hydrogens (tertiary/aromatic N) is 1. The van der Waals surface area contributed by atoms with Crippen molar-refractivity contribution >= 4 is 57.2 Å². The molecule has 7 heteroatoms. The standard InChI is InChI=1S/C14H13Cl3N2OS/c15-5-1-2-13(20)19-14-18-8-11(21-14)7-9-6-10(16)3-4-12(9)17/h3-4,6,8H,1-2,5,7H2,(H,18,19,20). The molecule has 112 valence electrons. The van der Waals surface area contributed by atoms with E-state index in [0.717, 1.165) is 10.4 Å². The van der Waals surface area contributed by atoms with Gasteiger partial charge < -0.3 is 5.32 Å². The third kappa shape index (κ3) is 5.15. The van der Waals surface area contributed by atoms with Crippen LogP contribution < -0.4 is 5.32 Å². The lowest BCUT2D eigenvalue weighted by atomic mass is 10.1. The van der Waals surface area contributed by atoms with Crippen LogP contribution in [0.4, 0.5) is 5.13 Å². The van der Waals surface area contributed by atoms with Gasteiger partial charge in [0, 0.05) is 39.8 Å². The molecule has 0 spiro atoms. The van der Waals surface area contributed by atoms with Crippen LogP contribution in [0.3, 0.4) is 0 Å². The van der Waals surface area contributed by atoms with E-state index in [0.29, 0.717) is 40.3 Å². The number of anilines is 1. The quantitative estimate of drug-likeness (QED) is 0.734. The van der Waals surface area contributed by atoms with Gasteiger partial charge in [-0.25, -0.2) is 4.98 Å². The van der Waals surface area contributed by atoms with E-state index < -0.39 is 0 Å². The maximum Gasteiger partial charge on any atom is 0.226 e. The Morgan fingerprint density at radius 2 is 2.14 bits per heavy atom. The van der Waals surface area contributed by atoms with E-state index in [1.807, 2.05) is 6.07 Å². The van der Waals surface area contributed by atoms with Gasteiger partial charge in [-0.1, -0.05) is 23.2 Å². The highest BCUT2D eigenvalue weighted by Gasteiger charge is 2.09. The van der Waals surface area contributed by atoms with Crippen LogP contribution >= 0.6 is 46.1 Å². The largest absolute Gasteiger partial charge is 0.302 e. The van der Waals surface area contributed by atoms with Crippen molar-refractivity contribution in [3.8, 4) is 0 Å². The second-order valence-corrected chi connectivity index (χ2v) is 6.72. The van der Waals surface area contributed by atoms with Gasteiger partial charge in [0.2, 0.25) is 5.91 Å². The minimum Gasteiger partial charge on any atom is -0.302 e. The number of benzene rings is 1. The monoisotopic (exact) mass is 362 g/mol. The van der Waals surface area contributed by atoms with Crippen molar-refractivity contribution in [3.63, 3.8) is 0 Å². The zero-order chi connectivity index (χ0) is 15.2. The van der Waals surface area contributed by atoms with Gasteiger partial charge in [0.25, 0.3) is 0 Å². The lowest BCUT2D eigenvalue weighted by Crippen LogP contribution is -2.10. The third-order valence-corrected chi connectivity index (χ3v) is 4.49. The van der Waals surface area contributed by atoms with E-state index >= 15 is 0 Å². The molecule has 3 nitrogen and oxygen atoms in total. The molecule has 0 saturated heterocycles. The van der Waals surface area contributed by atoms with Crippen molar-refractivity contribution < 1.29 is 4.79 Å². The molecule has 0 atom stereocenters. The summed E-state index contributed by atoms with van der Waals surface area (Å²) in [6.45, 7) is 0. The number of alkyl halides is 1. The number of halogens is 3. The Morgan fingerprint density at radius 1 is 1.33 bits per heavy atom. The predicted octanol–water partition coefficient (Wildman–Crippen LogP) is 5.00. The molecule has 1 N–H and O–H groups in total. The highest BCUT2D eigenvalue weighted by molar-refractivity contribution is 7.15. The third-order valence-electron chi connectivity index (χ3n) is 2.71. The van der Waals surface area contributed by atoms with Gasteiger partial charge in [-0.3, -0.25) is 4.79 Å². The summed E-state index contributed by atoms with van der Waals surface area (Å²) in [5.41, 5.74) is 0.938. The first kappa shape index (κ1) is 16.6. The molecule has 0 radical (unpaired) electrons. The highest BCUT2D eigenvalue weighted by Crippen LogP contribution is 2.27. The minimum atomic E-state index is -0.0719. The van der Waals surface area contributed by atoms with Gasteiger partial charge in [-0.05, 0) is 30.2 Å². The Balaban J connectivity index is 2.00. The fourth-order valence-corrected chi connectivity index (χ4v) is 3.09. The first-order valence-electron chi connectivity index (χ1n) is 6.33. The average Bonchev–Trinajstić information content (AvgIpc) is 2.88. The van der Waals surface area contributed by atoms with Crippen LogP contribution in [0.15, 0.2) is 24.4 Å². The summed E-state index contributed by atoms with van der Waals surface area (Å²) in [6, 6.07) is 5.36. The summed E-state index contributed by atoms with van der Waals surface area (Å²) >= 11 is 19.1. The first-order valence-corrected chi connectivity index (χ1v) is 8.43. The molecule has 1 aromatic heterocycles. The number of hydrogen-bond acceptors (Lipinski definition) is 3. The molecule has 1 amide bonds. The van der Waals surface area contributed by atoms with E-state index in [2.05, 4.69) is 10.3 Å². The Labute approximate surface area is 142 Å². The van der Waals surface area contributed by atoms with Crippen LogP contribution in [0.2, 0.25) is 10.0 Å². The molecule has 2 rings (SSSR count). The van der Waals surface area contributed by atoms with E-state index in [1.165, 1.54) is 11.3 Å². The topological polar surface area (TPSA) is 42.0 Å².